The lowest BCUT2D eigenvalue weighted by Gasteiger charge is -2.13. The van der Waals surface area contributed by atoms with Crippen molar-refractivity contribution in [3.63, 3.8) is 0 Å². The molecule has 1 unspecified atom stereocenters. The van der Waals surface area contributed by atoms with E-state index in [0.29, 0.717) is 12.1 Å². The van der Waals surface area contributed by atoms with E-state index in [1.54, 1.807) is 0 Å². The monoisotopic (exact) mass is 216 g/mol. The minimum absolute atomic E-state index is 0.335. The van der Waals surface area contributed by atoms with Gasteiger partial charge in [0.15, 0.2) is 9.76 Å². The van der Waals surface area contributed by atoms with Gasteiger partial charge >= 0.3 is 5.97 Å². The van der Waals surface area contributed by atoms with Gasteiger partial charge in [-0.25, -0.2) is 4.79 Å². The molecule has 0 aliphatic rings. The second-order valence-corrected chi connectivity index (χ2v) is 4.99. The van der Waals surface area contributed by atoms with Gasteiger partial charge in [0.05, 0.1) is 6.61 Å². The molecule has 0 aromatic rings. The highest BCUT2D eigenvalue weighted by Crippen LogP contribution is 2.14. The van der Waals surface area contributed by atoms with E-state index in [1.165, 1.54) is 6.08 Å². The molecule has 3 nitrogen and oxygen atoms in total. The maximum Gasteiger partial charge on any atom is 0.330 e. The molecule has 82 valence electrons. The zero-order chi connectivity index (χ0) is 10.8. The van der Waals surface area contributed by atoms with Crippen molar-refractivity contribution in [2.24, 2.45) is 0 Å². The molecule has 0 N–H and O–H groups in total. The van der Waals surface area contributed by atoms with Crippen LogP contribution in [0.25, 0.3) is 0 Å². The highest BCUT2D eigenvalue weighted by atomic mass is 28.2. The summed E-state index contributed by atoms with van der Waals surface area (Å²) in [5.41, 5.74) is 0.618. The van der Waals surface area contributed by atoms with Crippen molar-refractivity contribution in [2.75, 3.05) is 13.2 Å². The largest absolute Gasteiger partial charge is 0.463 e. The second-order valence-electron chi connectivity index (χ2n) is 3.09. The minimum Gasteiger partial charge on any atom is -0.463 e. The molecule has 0 bridgehead atoms. The lowest BCUT2D eigenvalue weighted by atomic mass is 10.2. The molecular formula is C10H20O3Si. The van der Waals surface area contributed by atoms with E-state index in [9.17, 15) is 4.79 Å². The van der Waals surface area contributed by atoms with Gasteiger partial charge < -0.3 is 9.16 Å². The number of carbonyl (C=O) groups excluding carboxylic acids is 1. The predicted molar refractivity (Wildman–Crippen MR) is 60.0 cm³/mol. The van der Waals surface area contributed by atoms with Crippen LogP contribution in [0.15, 0.2) is 12.7 Å². The van der Waals surface area contributed by atoms with Gasteiger partial charge in [-0.2, -0.15) is 0 Å². The highest BCUT2D eigenvalue weighted by Gasteiger charge is 2.08. The Bertz CT molecular complexity index is 171. The average Bonchev–Trinajstić information content (AvgIpc) is 2.22. The van der Waals surface area contributed by atoms with Crippen LogP contribution in [0.3, 0.4) is 0 Å². The SMILES string of the molecule is C=CC(=O)OCCC(CC)[SiH2]OCC. The number of hydrogen-bond acceptors (Lipinski definition) is 3. The second kappa shape index (κ2) is 8.96. The van der Waals surface area contributed by atoms with Crippen molar-refractivity contribution in [1.29, 1.82) is 0 Å². The predicted octanol–water partition coefficient (Wildman–Crippen LogP) is 1.42. The van der Waals surface area contributed by atoms with E-state index >= 15 is 0 Å². The van der Waals surface area contributed by atoms with Crippen LogP contribution in [-0.4, -0.2) is 28.9 Å². The van der Waals surface area contributed by atoms with Crippen LogP contribution in [0.4, 0.5) is 0 Å². The maximum atomic E-state index is 10.7. The van der Waals surface area contributed by atoms with Crippen molar-refractivity contribution in [1.82, 2.24) is 0 Å². The number of esters is 1. The molecule has 0 aromatic heterocycles. The molecule has 0 fully saturated rings. The molecular weight excluding hydrogens is 196 g/mol. The van der Waals surface area contributed by atoms with E-state index < -0.39 is 9.76 Å². The first-order valence-electron chi connectivity index (χ1n) is 5.11. The van der Waals surface area contributed by atoms with Gasteiger partial charge in [0, 0.05) is 12.7 Å². The first-order valence-corrected chi connectivity index (χ1v) is 6.50. The zero-order valence-electron chi connectivity index (χ0n) is 9.12. The van der Waals surface area contributed by atoms with E-state index in [0.717, 1.165) is 19.4 Å². The molecule has 0 radical (unpaired) electrons. The fourth-order valence-corrected chi connectivity index (χ4v) is 2.21. The summed E-state index contributed by atoms with van der Waals surface area (Å²) in [6, 6.07) is 0. The normalized spacial score (nSPS) is 13.0. The summed E-state index contributed by atoms with van der Waals surface area (Å²) in [6.45, 7) is 8.78. The third-order valence-electron chi connectivity index (χ3n) is 2.07. The summed E-state index contributed by atoms with van der Waals surface area (Å²) >= 11 is 0. The first kappa shape index (κ1) is 13.4. The summed E-state index contributed by atoms with van der Waals surface area (Å²) in [6.07, 6.45) is 3.22. The molecule has 0 amide bonds. The van der Waals surface area contributed by atoms with E-state index in [4.69, 9.17) is 9.16 Å². The van der Waals surface area contributed by atoms with Gasteiger partial charge in [0.25, 0.3) is 0 Å². The summed E-state index contributed by atoms with van der Waals surface area (Å²) in [5.74, 6) is -0.335. The van der Waals surface area contributed by atoms with Gasteiger partial charge in [-0.1, -0.05) is 19.9 Å². The van der Waals surface area contributed by atoms with Gasteiger partial charge in [-0.05, 0) is 18.9 Å². The Morgan fingerprint density at radius 2 is 2.29 bits per heavy atom. The average molecular weight is 216 g/mol. The van der Waals surface area contributed by atoms with E-state index in [2.05, 4.69) is 13.5 Å². The third-order valence-corrected chi connectivity index (χ3v) is 4.17. The topological polar surface area (TPSA) is 35.5 Å². The van der Waals surface area contributed by atoms with E-state index in [1.807, 2.05) is 6.92 Å². The molecule has 0 rings (SSSR count). The third kappa shape index (κ3) is 6.86. The number of carbonyl (C=O) groups is 1. The summed E-state index contributed by atoms with van der Waals surface area (Å²) in [4.78, 5) is 10.7. The Morgan fingerprint density at radius 1 is 1.57 bits per heavy atom. The molecule has 4 heteroatoms. The summed E-state index contributed by atoms with van der Waals surface area (Å²) in [7, 11) is -0.443. The first-order chi connectivity index (χ1) is 6.74. The lowest BCUT2D eigenvalue weighted by molar-refractivity contribution is -0.137. The van der Waals surface area contributed by atoms with Crippen LogP contribution < -0.4 is 0 Å². The standard InChI is InChI=1S/C10H20O3Si/c1-4-9(14-13-6-3)7-8-12-10(11)5-2/h5,9H,2,4,6-8,14H2,1,3H3. The number of hydrogen-bond donors (Lipinski definition) is 0. The highest BCUT2D eigenvalue weighted by molar-refractivity contribution is 6.29. The van der Waals surface area contributed by atoms with E-state index in [-0.39, 0.29) is 5.97 Å². The summed E-state index contributed by atoms with van der Waals surface area (Å²) < 4.78 is 10.4. The van der Waals surface area contributed by atoms with Crippen LogP contribution in [-0.2, 0) is 14.0 Å². The van der Waals surface area contributed by atoms with Crippen LogP contribution in [0, 0.1) is 0 Å². The van der Waals surface area contributed by atoms with Crippen molar-refractivity contribution < 1.29 is 14.0 Å². The van der Waals surface area contributed by atoms with Crippen LogP contribution >= 0.6 is 0 Å². The maximum absolute atomic E-state index is 10.7. The summed E-state index contributed by atoms with van der Waals surface area (Å²) in [5, 5.41) is 0. The van der Waals surface area contributed by atoms with Crippen molar-refractivity contribution in [3.05, 3.63) is 12.7 Å². The molecule has 0 saturated carbocycles. The van der Waals surface area contributed by atoms with Gasteiger partial charge in [0.1, 0.15) is 0 Å². The molecule has 14 heavy (non-hydrogen) atoms. The van der Waals surface area contributed by atoms with Gasteiger partial charge in [-0.3, -0.25) is 0 Å². The minimum atomic E-state index is -0.443. The Kier molecular flexibility index (Phi) is 8.57. The molecule has 0 aliphatic heterocycles. The number of ether oxygens (including phenoxy) is 1. The smallest absolute Gasteiger partial charge is 0.330 e. The number of rotatable bonds is 8. The lowest BCUT2D eigenvalue weighted by Crippen LogP contribution is -2.11. The van der Waals surface area contributed by atoms with Crippen LogP contribution in [0.2, 0.25) is 5.54 Å². The van der Waals surface area contributed by atoms with Gasteiger partial charge in [0.2, 0.25) is 0 Å². The zero-order valence-corrected chi connectivity index (χ0v) is 10.5. The van der Waals surface area contributed by atoms with Crippen LogP contribution in [0.1, 0.15) is 26.7 Å². The quantitative estimate of drug-likeness (QED) is 0.350. The Labute approximate surface area is 88.4 Å². The molecule has 0 heterocycles. The fraction of sp³-hybridized carbons (Fsp3) is 0.700. The molecule has 0 spiro atoms. The van der Waals surface area contributed by atoms with Crippen LogP contribution in [0.5, 0.6) is 0 Å². The molecule has 0 aromatic carbocycles. The molecule has 0 saturated heterocycles. The Morgan fingerprint density at radius 3 is 2.79 bits per heavy atom. The Hall–Kier alpha value is -0.613. The van der Waals surface area contributed by atoms with Crippen molar-refractivity contribution >= 4 is 15.7 Å². The molecule has 0 aliphatic carbocycles. The fourth-order valence-electron chi connectivity index (χ4n) is 1.07. The molecule has 1 atom stereocenters. The Balaban J connectivity index is 3.51. The van der Waals surface area contributed by atoms with Gasteiger partial charge in [-0.15, -0.1) is 0 Å². The van der Waals surface area contributed by atoms with Crippen molar-refractivity contribution in [3.8, 4) is 0 Å². The van der Waals surface area contributed by atoms with Crippen molar-refractivity contribution in [2.45, 2.75) is 32.2 Å².